The Morgan fingerprint density at radius 3 is 1.27 bits per heavy atom. The van der Waals surface area contributed by atoms with Gasteiger partial charge < -0.3 is 23.7 Å². The summed E-state index contributed by atoms with van der Waals surface area (Å²) in [5, 5.41) is 0. The molecule has 242 valence electrons. The van der Waals surface area contributed by atoms with E-state index in [0.717, 1.165) is 76.0 Å². The summed E-state index contributed by atoms with van der Waals surface area (Å²) in [6, 6.07) is 52.3. The number of benzene rings is 6. The number of fused-ring (bicyclic) bond motifs is 1. The van der Waals surface area contributed by atoms with E-state index in [9.17, 15) is 0 Å². The maximum atomic E-state index is 6.12. The molecule has 48 heavy (non-hydrogen) atoms. The first-order valence-electron chi connectivity index (χ1n) is 16.4. The van der Waals surface area contributed by atoms with Crippen LogP contribution in [-0.4, -0.2) is 6.61 Å². The van der Waals surface area contributed by atoms with E-state index in [1.807, 2.05) is 133 Å². The van der Waals surface area contributed by atoms with Gasteiger partial charge in [0.2, 0.25) is 0 Å². The Balaban J connectivity index is 0.000000170. The summed E-state index contributed by atoms with van der Waals surface area (Å²) >= 11 is 0. The third-order valence-electron chi connectivity index (χ3n) is 7.78. The van der Waals surface area contributed by atoms with Gasteiger partial charge in [0.05, 0.1) is 6.61 Å². The molecule has 0 spiro atoms. The predicted octanol–water partition coefficient (Wildman–Crippen LogP) is 10.0. The van der Waals surface area contributed by atoms with Crippen LogP contribution in [-0.2, 0) is 32.8 Å². The molecule has 6 aromatic carbocycles. The van der Waals surface area contributed by atoms with Gasteiger partial charge in [0.25, 0.3) is 0 Å². The zero-order valence-electron chi connectivity index (χ0n) is 27.0. The zero-order chi connectivity index (χ0) is 32.6. The molecule has 1 aliphatic rings. The molecule has 7 rings (SSSR count). The molecule has 0 radical (unpaired) electrons. The molecule has 5 heteroatoms. The molecule has 0 aromatic heterocycles. The normalized spacial score (nSPS) is 11.6. The number of hydrogen-bond acceptors (Lipinski definition) is 5. The van der Waals surface area contributed by atoms with Crippen molar-refractivity contribution < 1.29 is 23.7 Å². The quantitative estimate of drug-likeness (QED) is 0.134. The second-order valence-electron chi connectivity index (χ2n) is 11.4. The summed E-state index contributed by atoms with van der Waals surface area (Å²) in [5.41, 5.74) is 5.70. The fraction of sp³-hybridized carbons (Fsp3) is 0.163. The molecule has 1 aliphatic heterocycles. The van der Waals surface area contributed by atoms with E-state index in [1.165, 1.54) is 0 Å². The van der Waals surface area contributed by atoms with Gasteiger partial charge in [0.15, 0.2) is 11.5 Å². The minimum Gasteiger partial charge on any atom is -0.493 e. The Bertz CT molecular complexity index is 1750. The Kier molecular flexibility index (Phi) is 11.6. The summed E-state index contributed by atoms with van der Waals surface area (Å²) in [6.07, 6.45) is 1.98. The molecule has 0 N–H and O–H groups in total. The summed E-state index contributed by atoms with van der Waals surface area (Å²) < 4.78 is 29.7. The third kappa shape index (κ3) is 9.66. The molecule has 1 heterocycles. The van der Waals surface area contributed by atoms with Gasteiger partial charge >= 0.3 is 0 Å². The van der Waals surface area contributed by atoms with Crippen molar-refractivity contribution in [1.82, 2.24) is 0 Å². The van der Waals surface area contributed by atoms with Crippen molar-refractivity contribution in [1.29, 1.82) is 0 Å². The van der Waals surface area contributed by atoms with Crippen molar-refractivity contribution in [3.05, 3.63) is 186 Å². The van der Waals surface area contributed by atoms with E-state index in [0.29, 0.717) is 26.4 Å². The van der Waals surface area contributed by atoms with Crippen molar-refractivity contribution >= 4 is 0 Å². The van der Waals surface area contributed by atoms with Crippen molar-refractivity contribution in [2.45, 2.75) is 39.3 Å². The Morgan fingerprint density at radius 2 is 0.812 bits per heavy atom. The van der Waals surface area contributed by atoms with Gasteiger partial charge in [0.1, 0.15) is 43.7 Å². The van der Waals surface area contributed by atoms with Crippen molar-refractivity contribution in [2.24, 2.45) is 0 Å². The largest absolute Gasteiger partial charge is 0.493 e. The van der Waals surface area contributed by atoms with E-state index in [-0.39, 0.29) is 0 Å². The Morgan fingerprint density at radius 1 is 0.417 bits per heavy atom. The van der Waals surface area contributed by atoms with Crippen LogP contribution in [0.2, 0.25) is 0 Å². The second-order valence-corrected chi connectivity index (χ2v) is 11.4. The maximum absolute atomic E-state index is 6.12. The van der Waals surface area contributed by atoms with E-state index in [2.05, 4.69) is 24.3 Å². The molecule has 5 nitrogen and oxygen atoms in total. The lowest BCUT2D eigenvalue weighted by Crippen LogP contribution is -2.11. The van der Waals surface area contributed by atoms with E-state index in [4.69, 9.17) is 23.7 Å². The van der Waals surface area contributed by atoms with Gasteiger partial charge in [-0.25, -0.2) is 0 Å². The highest BCUT2D eigenvalue weighted by Gasteiger charge is 2.18. The lowest BCUT2D eigenvalue weighted by molar-refractivity contribution is 0.256. The molecule has 6 aromatic rings. The number of rotatable bonds is 12. The topological polar surface area (TPSA) is 46.2 Å². The van der Waals surface area contributed by atoms with Crippen LogP contribution >= 0.6 is 0 Å². The van der Waals surface area contributed by atoms with E-state index in [1.54, 1.807) is 0 Å². The number of hydrogen-bond donors (Lipinski definition) is 0. The first-order chi connectivity index (χ1) is 23.8. The molecule has 0 aliphatic carbocycles. The Labute approximate surface area is 283 Å². The maximum Gasteiger partial charge on any atom is 0.161 e. The van der Waals surface area contributed by atoms with Crippen LogP contribution in [0.3, 0.4) is 0 Å². The number of ether oxygens (including phenoxy) is 5. The van der Waals surface area contributed by atoms with Crippen LogP contribution in [0.1, 0.15) is 34.2 Å². The van der Waals surface area contributed by atoms with E-state index >= 15 is 0 Å². The monoisotopic (exact) mass is 636 g/mol. The van der Waals surface area contributed by atoms with Crippen molar-refractivity contribution in [3.8, 4) is 28.7 Å². The summed E-state index contributed by atoms with van der Waals surface area (Å²) in [4.78, 5) is 0. The fourth-order valence-corrected chi connectivity index (χ4v) is 5.25. The minimum absolute atomic E-state index is 0.526. The standard InChI is InChI=1S/C23H22O3.C20H18O2/c1-3-8-18(9-4-1)16-25-20-14-22-21(12-7-13-24-22)23(15-20)26-17-19-10-5-2-6-11-19;1-3-9-17(10-4-1)15-21-19-13-7-8-14-20(19)22-16-18-11-5-2-6-12-18/h1-6,8-11,14-15H,7,12-13,16-17H2;1-14H,15-16H2. The molecule has 0 bridgehead atoms. The highest BCUT2D eigenvalue weighted by atomic mass is 16.5. The third-order valence-corrected chi connectivity index (χ3v) is 7.78. The highest BCUT2D eigenvalue weighted by molar-refractivity contribution is 5.51. The summed E-state index contributed by atoms with van der Waals surface area (Å²) in [7, 11) is 0. The zero-order valence-corrected chi connectivity index (χ0v) is 27.0. The Hall–Kier alpha value is -5.68. The number of para-hydroxylation sites is 2. The van der Waals surface area contributed by atoms with Crippen LogP contribution in [0.4, 0.5) is 0 Å². The van der Waals surface area contributed by atoms with Crippen LogP contribution in [0.15, 0.2) is 158 Å². The van der Waals surface area contributed by atoms with Crippen LogP contribution in [0, 0.1) is 0 Å². The lowest BCUT2D eigenvalue weighted by atomic mass is 10.0. The average Bonchev–Trinajstić information content (AvgIpc) is 3.16. The molecule has 0 atom stereocenters. The van der Waals surface area contributed by atoms with Gasteiger partial charge in [0, 0.05) is 17.7 Å². The predicted molar refractivity (Wildman–Crippen MR) is 190 cm³/mol. The van der Waals surface area contributed by atoms with E-state index < -0.39 is 0 Å². The van der Waals surface area contributed by atoms with Crippen LogP contribution in [0.5, 0.6) is 28.7 Å². The minimum atomic E-state index is 0.526. The molecule has 0 unspecified atom stereocenters. The van der Waals surface area contributed by atoms with Crippen molar-refractivity contribution in [3.63, 3.8) is 0 Å². The van der Waals surface area contributed by atoms with Crippen LogP contribution < -0.4 is 23.7 Å². The second kappa shape index (κ2) is 17.3. The fourth-order valence-electron chi connectivity index (χ4n) is 5.25. The first-order valence-corrected chi connectivity index (χ1v) is 16.4. The van der Waals surface area contributed by atoms with Crippen molar-refractivity contribution in [2.75, 3.05) is 6.61 Å². The van der Waals surface area contributed by atoms with Gasteiger partial charge in [-0.2, -0.15) is 0 Å². The van der Waals surface area contributed by atoms with Gasteiger partial charge in [-0.05, 0) is 47.2 Å². The lowest BCUT2D eigenvalue weighted by Gasteiger charge is -2.22. The highest BCUT2D eigenvalue weighted by Crippen LogP contribution is 2.38. The molecular weight excluding hydrogens is 596 g/mol. The molecule has 0 amide bonds. The molecular formula is C43H40O5. The van der Waals surface area contributed by atoms with Gasteiger partial charge in [-0.1, -0.05) is 133 Å². The molecule has 0 saturated carbocycles. The summed E-state index contributed by atoms with van der Waals surface area (Å²) in [6.45, 7) is 2.87. The summed E-state index contributed by atoms with van der Waals surface area (Å²) in [5.74, 6) is 4.04. The molecule has 0 saturated heterocycles. The van der Waals surface area contributed by atoms with Gasteiger partial charge in [-0.3, -0.25) is 0 Å². The first kappa shape index (κ1) is 32.3. The van der Waals surface area contributed by atoms with Gasteiger partial charge in [-0.15, -0.1) is 0 Å². The van der Waals surface area contributed by atoms with Crippen LogP contribution in [0.25, 0.3) is 0 Å². The molecule has 0 fully saturated rings. The average molecular weight is 637 g/mol. The SMILES string of the molecule is c1ccc(COc2cc3c(c(OCc4ccccc4)c2)CCCO3)cc1.c1ccc(COc2ccccc2OCc2ccccc2)cc1. The smallest absolute Gasteiger partial charge is 0.161 e.